The van der Waals surface area contributed by atoms with Crippen molar-refractivity contribution in [2.75, 3.05) is 0 Å². The molecule has 1 N–H and O–H groups in total. The Morgan fingerprint density at radius 1 is 1.37 bits per heavy atom. The van der Waals surface area contributed by atoms with E-state index in [0.717, 1.165) is 11.3 Å². The summed E-state index contributed by atoms with van der Waals surface area (Å²) in [6, 6.07) is 5.67. The highest BCUT2D eigenvalue weighted by atomic mass is 35.5. The van der Waals surface area contributed by atoms with Crippen LogP contribution < -0.4 is 0 Å². The van der Waals surface area contributed by atoms with Crippen molar-refractivity contribution in [3.63, 3.8) is 0 Å². The third kappa shape index (κ3) is 4.10. The lowest BCUT2D eigenvalue weighted by molar-refractivity contribution is -0.0328. The predicted molar refractivity (Wildman–Crippen MR) is 69.5 cm³/mol. The molecule has 0 radical (unpaired) electrons. The van der Waals surface area contributed by atoms with Crippen molar-refractivity contribution in [1.82, 2.24) is 4.98 Å². The molecule has 0 saturated carbocycles. The van der Waals surface area contributed by atoms with Crippen LogP contribution >= 0.6 is 34.7 Å². The fourth-order valence-corrected chi connectivity index (χ4v) is 3.01. The zero-order valence-electron chi connectivity index (χ0n) is 9.19. The van der Waals surface area contributed by atoms with E-state index in [4.69, 9.17) is 11.6 Å². The second kappa shape index (κ2) is 5.70. The minimum atomic E-state index is -4.35. The van der Waals surface area contributed by atoms with Crippen molar-refractivity contribution in [1.29, 1.82) is 0 Å². The van der Waals surface area contributed by atoms with Gasteiger partial charge in [-0.15, -0.1) is 11.3 Å². The van der Waals surface area contributed by atoms with Crippen molar-refractivity contribution in [3.8, 4) is 0 Å². The van der Waals surface area contributed by atoms with Crippen molar-refractivity contribution in [2.24, 2.45) is 0 Å². The molecule has 19 heavy (non-hydrogen) atoms. The molecule has 0 saturated heterocycles. The normalized spacial score (nSPS) is 13.5. The average Bonchev–Trinajstić information content (AvgIpc) is 2.73. The molecule has 1 unspecified atom stereocenters. The van der Waals surface area contributed by atoms with Crippen LogP contribution in [0.3, 0.4) is 0 Å². The van der Waals surface area contributed by atoms with Gasteiger partial charge in [0.2, 0.25) is 0 Å². The van der Waals surface area contributed by atoms with E-state index in [-0.39, 0.29) is 21.1 Å². The summed E-state index contributed by atoms with van der Waals surface area (Å²) >= 11 is 6.52. The van der Waals surface area contributed by atoms with Gasteiger partial charge in [0.1, 0.15) is 6.10 Å². The van der Waals surface area contributed by atoms with E-state index in [9.17, 15) is 18.3 Å². The third-order valence-corrected chi connectivity index (χ3v) is 4.06. The monoisotopic (exact) mass is 325 g/mol. The van der Waals surface area contributed by atoms with Crippen LogP contribution in [-0.4, -0.2) is 15.6 Å². The Kier molecular flexibility index (Phi) is 4.39. The Morgan fingerprint density at radius 3 is 2.68 bits per heavy atom. The van der Waals surface area contributed by atoms with Gasteiger partial charge in [0.05, 0.1) is 4.88 Å². The van der Waals surface area contributed by atoms with Crippen LogP contribution in [0.2, 0.25) is 4.47 Å². The number of thiazole rings is 1. The number of thioether (sulfide) groups is 1. The fraction of sp³-hybridized carbons (Fsp3) is 0.182. The van der Waals surface area contributed by atoms with Crippen LogP contribution in [0.15, 0.2) is 35.4 Å². The number of aliphatic hydroxyl groups excluding tert-OH is 1. The van der Waals surface area contributed by atoms with E-state index >= 15 is 0 Å². The van der Waals surface area contributed by atoms with Crippen LogP contribution in [0.5, 0.6) is 0 Å². The summed E-state index contributed by atoms with van der Waals surface area (Å²) in [6.45, 7) is 0. The molecule has 2 aromatic rings. The van der Waals surface area contributed by atoms with E-state index < -0.39 is 11.6 Å². The summed E-state index contributed by atoms with van der Waals surface area (Å²) in [6.07, 6.45) is 0.375. The van der Waals surface area contributed by atoms with Gasteiger partial charge in [-0.25, -0.2) is 4.98 Å². The molecule has 0 fully saturated rings. The molecule has 0 aliphatic rings. The summed E-state index contributed by atoms with van der Waals surface area (Å²) in [5, 5.41) is 10.0. The smallest absolute Gasteiger partial charge is 0.383 e. The van der Waals surface area contributed by atoms with E-state index in [2.05, 4.69) is 4.98 Å². The number of halogens is 4. The third-order valence-electron chi connectivity index (χ3n) is 2.17. The minimum Gasteiger partial charge on any atom is -0.383 e. The van der Waals surface area contributed by atoms with Gasteiger partial charge in [-0.1, -0.05) is 23.7 Å². The van der Waals surface area contributed by atoms with Gasteiger partial charge in [-0.3, -0.25) is 0 Å². The van der Waals surface area contributed by atoms with Crippen LogP contribution in [0, 0.1) is 0 Å². The average molecular weight is 326 g/mol. The highest BCUT2D eigenvalue weighted by Gasteiger charge is 2.29. The van der Waals surface area contributed by atoms with Crippen molar-refractivity contribution < 1.29 is 18.3 Å². The SMILES string of the molecule is OC(c1cccc(SC(F)(F)F)c1)c1cnc(Cl)s1. The molecule has 0 spiro atoms. The Morgan fingerprint density at radius 2 is 2.11 bits per heavy atom. The van der Waals surface area contributed by atoms with Crippen LogP contribution in [0.25, 0.3) is 0 Å². The quantitative estimate of drug-likeness (QED) is 0.844. The second-order valence-corrected chi connectivity index (χ2v) is 6.32. The molecular weight excluding hydrogens is 319 g/mol. The molecule has 102 valence electrons. The number of hydrogen-bond acceptors (Lipinski definition) is 4. The van der Waals surface area contributed by atoms with Crippen molar-refractivity contribution >= 4 is 34.7 Å². The van der Waals surface area contributed by atoms with Gasteiger partial charge < -0.3 is 5.11 Å². The lowest BCUT2D eigenvalue weighted by Gasteiger charge is -2.11. The van der Waals surface area contributed by atoms with E-state index in [1.807, 2.05) is 0 Å². The molecule has 1 heterocycles. The molecule has 8 heteroatoms. The minimum absolute atomic E-state index is 0.0275. The highest BCUT2D eigenvalue weighted by Crippen LogP contribution is 2.38. The number of aromatic nitrogens is 1. The molecule has 2 nitrogen and oxygen atoms in total. The first-order chi connectivity index (χ1) is 8.85. The zero-order valence-corrected chi connectivity index (χ0v) is 11.6. The fourth-order valence-electron chi connectivity index (χ4n) is 1.44. The van der Waals surface area contributed by atoms with Gasteiger partial charge in [-0.2, -0.15) is 13.2 Å². The van der Waals surface area contributed by atoms with Gasteiger partial charge in [0.15, 0.2) is 4.47 Å². The van der Waals surface area contributed by atoms with E-state index in [0.29, 0.717) is 10.4 Å². The largest absolute Gasteiger partial charge is 0.446 e. The van der Waals surface area contributed by atoms with Gasteiger partial charge in [0.25, 0.3) is 0 Å². The number of alkyl halides is 3. The topological polar surface area (TPSA) is 33.1 Å². The van der Waals surface area contributed by atoms with Gasteiger partial charge in [0, 0.05) is 11.1 Å². The molecule has 1 atom stereocenters. The first kappa shape index (κ1) is 14.6. The molecular formula is C11H7ClF3NOS2. The Labute approximate surface area is 120 Å². The second-order valence-electron chi connectivity index (χ2n) is 3.54. The number of benzene rings is 1. The van der Waals surface area contributed by atoms with Crippen molar-refractivity contribution in [2.45, 2.75) is 16.5 Å². The lowest BCUT2D eigenvalue weighted by atomic mass is 10.1. The first-order valence-corrected chi connectivity index (χ1v) is 7.01. The lowest BCUT2D eigenvalue weighted by Crippen LogP contribution is -2.01. The summed E-state index contributed by atoms with van der Waals surface area (Å²) in [4.78, 5) is 4.30. The standard InChI is InChI=1S/C11H7ClF3NOS2/c12-10-16-5-8(18-10)9(17)6-2-1-3-7(4-6)19-11(13,14)15/h1-5,9,17H. The van der Waals surface area contributed by atoms with E-state index in [1.54, 1.807) is 6.07 Å². The summed E-state index contributed by atoms with van der Waals surface area (Å²) in [7, 11) is 0. The molecule has 0 aliphatic heterocycles. The summed E-state index contributed by atoms with van der Waals surface area (Å²) in [5.41, 5.74) is -3.98. The number of aliphatic hydroxyl groups is 1. The zero-order chi connectivity index (χ0) is 14.0. The molecule has 1 aromatic carbocycles. The Balaban J connectivity index is 2.23. The summed E-state index contributed by atoms with van der Waals surface area (Å²) in [5.74, 6) is 0. The number of nitrogens with zero attached hydrogens (tertiary/aromatic N) is 1. The maximum Gasteiger partial charge on any atom is 0.446 e. The summed E-state index contributed by atoms with van der Waals surface area (Å²) < 4.78 is 37.1. The molecule has 0 aliphatic carbocycles. The first-order valence-electron chi connectivity index (χ1n) is 5.00. The van der Waals surface area contributed by atoms with E-state index in [1.165, 1.54) is 24.4 Å². The van der Waals surface area contributed by atoms with Crippen LogP contribution in [-0.2, 0) is 0 Å². The van der Waals surface area contributed by atoms with Gasteiger partial charge >= 0.3 is 5.51 Å². The number of hydrogen-bond donors (Lipinski definition) is 1. The highest BCUT2D eigenvalue weighted by molar-refractivity contribution is 8.00. The molecule has 2 rings (SSSR count). The van der Waals surface area contributed by atoms with Crippen LogP contribution in [0.1, 0.15) is 16.5 Å². The van der Waals surface area contributed by atoms with Crippen molar-refractivity contribution in [3.05, 3.63) is 45.4 Å². The maximum atomic E-state index is 12.3. The number of rotatable bonds is 3. The predicted octanol–water partition coefficient (Wildman–Crippen LogP) is 4.49. The molecule has 0 bridgehead atoms. The molecule has 1 aromatic heterocycles. The van der Waals surface area contributed by atoms with Gasteiger partial charge in [-0.05, 0) is 29.5 Å². The maximum absolute atomic E-state index is 12.3. The van der Waals surface area contributed by atoms with Crippen LogP contribution in [0.4, 0.5) is 13.2 Å². The Hall–Kier alpha value is -0.760. The molecule has 0 amide bonds. The Bertz CT molecular complexity index is 573.